The summed E-state index contributed by atoms with van der Waals surface area (Å²) in [5.41, 5.74) is 3.71. The zero-order chi connectivity index (χ0) is 28.1. The van der Waals surface area contributed by atoms with Gasteiger partial charge in [0, 0.05) is 19.5 Å². The molecule has 6 rings (SSSR count). The van der Waals surface area contributed by atoms with E-state index < -0.39 is 12.6 Å². The lowest BCUT2D eigenvalue weighted by Gasteiger charge is -2.38. The van der Waals surface area contributed by atoms with E-state index in [2.05, 4.69) is 5.32 Å². The van der Waals surface area contributed by atoms with Gasteiger partial charge >= 0.3 is 0 Å². The van der Waals surface area contributed by atoms with Crippen LogP contribution in [0.2, 0.25) is 0 Å². The summed E-state index contributed by atoms with van der Waals surface area (Å²) in [5.74, 6) is 2.43. The minimum atomic E-state index is -0.592. The molecule has 210 valence electrons. The van der Waals surface area contributed by atoms with E-state index in [4.69, 9.17) is 18.9 Å². The van der Waals surface area contributed by atoms with Gasteiger partial charge in [-0.3, -0.25) is 9.59 Å². The van der Waals surface area contributed by atoms with Crippen LogP contribution in [0.25, 0.3) is 0 Å². The second-order valence-electron chi connectivity index (χ2n) is 9.81. The van der Waals surface area contributed by atoms with Crippen molar-refractivity contribution in [3.63, 3.8) is 0 Å². The zero-order valence-electron chi connectivity index (χ0n) is 22.8. The summed E-state index contributed by atoms with van der Waals surface area (Å²) < 4.78 is 23.6. The van der Waals surface area contributed by atoms with Crippen molar-refractivity contribution in [3.05, 3.63) is 76.9 Å². The number of nitrogens with zero attached hydrogens (tertiary/aromatic N) is 1. The number of aryl methyl sites for hydroxylation is 1. The molecule has 1 atom stereocenters. The van der Waals surface area contributed by atoms with Gasteiger partial charge < -0.3 is 34.3 Å². The molecule has 1 unspecified atom stereocenters. The van der Waals surface area contributed by atoms with E-state index in [1.54, 1.807) is 19.1 Å². The topological polar surface area (TPSA) is 107 Å². The molecule has 0 aliphatic carbocycles. The molecule has 8 bridgehead atoms. The number of fused-ring (bicyclic) bond motifs is 8. The van der Waals surface area contributed by atoms with Gasteiger partial charge in [-0.15, -0.1) is 0 Å². The van der Waals surface area contributed by atoms with Gasteiger partial charge in [-0.25, -0.2) is 0 Å². The Bertz CT molecular complexity index is 1390. The van der Waals surface area contributed by atoms with Crippen LogP contribution >= 0.6 is 0 Å². The third-order valence-corrected chi connectivity index (χ3v) is 7.28. The highest BCUT2D eigenvalue weighted by atomic mass is 16.5. The van der Waals surface area contributed by atoms with Gasteiger partial charge in [0.25, 0.3) is 0 Å². The lowest BCUT2D eigenvalue weighted by Crippen LogP contribution is -2.42. The third kappa shape index (κ3) is 5.84. The van der Waals surface area contributed by atoms with Crippen molar-refractivity contribution < 1.29 is 33.6 Å². The Hall–Kier alpha value is -4.24. The van der Waals surface area contributed by atoms with Crippen LogP contribution in [-0.4, -0.2) is 62.3 Å². The summed E-state index contributed by atoms with van der Waals surface area (Å²) in [6.45, 7) is 0.698. The molecular formula is C31H34N2O7. The normalized spacial score (nSPS) is 17.2. The van der Waals surface area contributed by atoms with Crippen LogP contribution in [0.15, 0.2) is 54.6 Å². The van der Waals surface area contributed by atoms with Crippen molar-refractivity contribution >= 4 is 11.8 Å². The SMILES string of the molecule is COc1ccc2cc1OCCCNC(=O)CCc1cccc(c1)Oc1cc3c(cc1OC)C2N(C(=O)CO)CC3. The Balaban J connectivity index is 1.62. The molecular weight excluding hydrogens is 512 g/mol. The number of amides is 2. The fraction of sp³-hybridized carbons (Fsp3) is 0.355. The Morgan fingerprint density at radius 1 is 1.02 bits per heavy atom. The largest absolute Gasteiger partial charge is 0.493 e. The first-order valence-electron chi connectivity index (χ1n) is 13.5. The van der Waals surface area contributed by atoms with Crippen LogP contribution in [0.1, 0.15) is 41.1 Å². The minimum Gasteiger partial charge on any atom is -0.493 e. The van der Waals surface area contributed by atoms with E-state index >= 15 is 0 Å². The highest BCUT2D eigenvalue weighted by Gasteiger charge is 2.34. The summed E-state index contributed by atoms with van der Waals surface area (Å²) in [5, 5.41) is 12.7. The molecule has 3 aliphatic heterocycles. The summed E-state index contributed by atoms with van der Waals surface area (Å²) in [4.78, 5) is 27.0. The van der Waals surface area contributed by atoms with E-state index in [0.717, 1.165) is 22.3 Å². The highest BCUT2D eigenvalue weighted by Crippen LogP contribution is 2.44. The lowest BCUT2D eigenvalue weighted by atomic mass is 9.87. The molecule has 3 heterocycles. The number of hydrogen-bond donors (Lipinski definition) is 2. The predicted octanol–water partition coefficient (Wildman–Crippen LogP) is 3.79. The number of ether oxygens (including phenoxy) is 4. The standard InChI is InChI=1S/C31H34N2O7/c1-37-25-9-8-22-17-27(25)39-14-4-12-32-29(35)10-7-20-5-3-6-23(15-20)40-28-16-21-11-13-33(30(36)19-34)31(22)24(21)18-26(28)38-2/h3,5-6,8-9,15-18,31,34H,4,7,10-14,19H2,1-2H3,(H,32,35). The molecule has 3 aliphatic rings. The average molecular weight is 547 g/mol. The number of aliphatic hydroxyl groups is 1. The Labute approximate surface area is 233 Å². The predicted molar refractivity (Wildman–Crippen MR) is 148 cm³/mol. The number of rotatable bonds is 3. The highest BCUT2D eigenvalue weighted by molar-refractivity contribution is 5.79. The maximum Gasteiger partial charge on any atom is 0.249 e. The van der Waals surface area contributed by atoms with Crippen molar-refractivity contribution in [2.24, 2.45) is 0 Å². The van der Waals surface area contributed by atoms with E-state index in [0.29, 0.717) is 74.1 Å². The summed E-state index contributed by atoms with van der Waals surface area (Å²) in [6, 6.07) is 16.7. The van der Waals surface area contributed by atoms with Crippen molar-refractivity contribution in [2.75, 3.05) is 40.5 Å². The van der Waals surface area contributed by atoms with Gasteiger partial charge in [-0.05, 0) is 77.9 Å². The first-order chi connectivity index (χ1) is 19.5. The second-order valence-corrected chi connectivity index (χ2v) is 9.81. The fourth-order valence-corrected chi connectivity index (χ4v) is 5.28. The van der Waals surface area contributed by atoms with Crippen molar-refractivity contribution in [2.45, 2.75) is 31.7 Å². The van der Waals surface area contributed by atoms with Crippen LogP contribution in [0.4, 0.5) is 0 Å². The van der Waals surface area contributed by atoms with Gasteiger partial charge in [0.15, 0.2) is 23.0 Å². The molecule has 0 saturated carbocycles. The van der Waals surface area contributed by atoms with Crippen LogP contribution in [0.5, 0.6) is 28.7 Å². The molecule has 2 N–H and O–H groups in total. The maximum absolute atomic E-state index is 12.9. The van der Waals surface area contributed by atoms with Gasteiger partial charge in [0.1, 0.15) is 12.4 Å². The number of carbonyl (C=O) groups is 2. The van der Waals surface area contributed by atoms with Gasteiger partial charge in [0.2, 0.25) is 11.8 Å². The first-order valence-corrected chi connectivity index (χ1v) is 13.5. The fourth-order valence-electron chi connectivity index (χ4n) is 5.28. The quantitative estimate of drug-likeness (QED) is 0.515. The Morgan fingerprint density at radius 3 is 2.67 bits per heavy atom. The van der Waals surface area contributed by atoms with E-state index in [1.807, 2.05) is 54.6 Å². The van der Waals surface area contributed by atoms with E-state index in [9.17, 15) is 14.7 Å². The lowest BCUT2D eigenvalue weighted by molar-refractivity contribution is -0.136. The van der Waals surface area contributed by atoms with Crippen LogP contribution in [-0.2, 0) is 22.4 Å². The van der Waals surface area contributed by atoms with Crippen molar-refractivity contribution in [1.82, 2.24) is 10.2 Å². The van der Waals surface area contributed by atoms with Crippen LogP contribution < -0.4 is 24.3 Å². The molecule has 0 fully saturated rings. The van der Waals surface area contributed by atoms with E-state index in [1.165, 1.54) is 0 Å². The molecule has 0 saturated heterocycles. The number of methoxy groups -OCH3 is 2. The summed E-state index contributed by atoms with van der Waals surface area (Å²) in [6.07, 6.45) is 2.16. The zero-order valence-corrected chi connectivity index (χ0v) is 22.8. The van der Waals surface area contributed by atoms with E-state index in [-0.39, 0.29) is 11.8 Å². The Morgan fingerprint density at radius 2 is 1.88 bits per heavy atom. The molecule has 3 aromatic carbocycles. The molecule has 9 nitrogen and oxygen atoms in total. The summed E-state index contributed by atoms with van der Waals surface area (Å²) >= 11 is 0. The maximum atomic E-state index is 12.9. The molecule has 40 heavy (non-hydrogen) atoms. The molecule has 3 aromatic rings. The number of carbonyl (C=O) groups excluding carboxylic acids is 2. The van der Waals surface area contributed by atoms with Gasteiger partial charge in [-0.1, -0.05) is 18.2 Å². The average Bonchev–Trinajstić information content (AvgIpc) is 2.98. The van der Waals surface area contributed by atoms with Crippen molar-refractivity contribution in [3.8, 4) is 28.7 Å². The molecule has 0 radical (unpaired) electrons. The molecule has 0 aromatic heterocycles. The molecule has 0 spiro atoms. The third-order valence-electron chi connectivity index (χ3n) is 7.28. The van der Waals surface area contributed by atoms with Crippen LogP contribution in [0, 0.1) is 0 Å². The van der Waals surface area contributed by atoms with Gasteiger partial charge in [-0.2, -0.15) is 0 Å². The second kappa shape index (κ2) is 12.3. The Kier molecular flexibility index (Phi) is 8.40. The van der Waals surface area contributed by atoms with Gasteiger partial charge in [0.05, 0.1) is 26.9 Å². The monoisotopic (exact) mass is 546 g/mol. The number of nitrogens with one attached hydrogen (secondary N) is 1. The van der Waals surface area contributed by atoms with Crippen molar-refractivity contribution in [1.29, 1.82) is 0 Å². The van der Waals surface area contributed by atoms with Crippen LogP contribution in [0.3, 0.4) is 0 Å². The minimum absolute atomic E-state index is 0.0270. The molecule has 2 amide bonds. The molecule has 9 heteroatoms. The smallest absolute Gasteiger partial charge is 0.249 e. The summed E-state index contributed by atoms with van der Waals surface area (Å²) in [7, 11) is 3.15. The number of benzene rings is 3. The number of hydrogen-bond acceptors (Lipinski definition) is 7. The first kappa shape index (κ1) is 27.3. The number of aliphatic hydroxyl groups excluding tert-OH is 1.